The summed E-state index contributed by atoms with van der Waals surface area (Å²) in [5, 5.41) is 2.78. The fraction of sp³-hybridized carbons (Fsp3) is 0.294. The van der Waals surface area contributed by atoms with Crippen LogP contribution in [-0.4, -0.2) is 24.7 Å². The van der Waals surface area contributed by atoms with Crippen molar-refractivity contribution in [3.05, 3.63) is 52.4 Å². The third kappa shape index (κ3) is 3.71. The molecule has 0 spiro atoms. The number of carbonyl (C=O) groups is 1. The van der Waals surface area contributed by atoms with Crippen molar-refractivity contribution in [2.24, 2.45) is 0 Å². The summed E-state index contributed by atoms with van der Waals surface area (Å²) in [5.41, 5.74) is 1.26. The van der Waals surface area contributed by atoms with Crippen LogP contribution in [0.3, 0.4) is 0 Å². The van der Waals surface area contributed by atoms with Crippen LogP contribution in [0.5, 0.6) is 11.5 Å². The van der Waals surface area contributed by atoms with Gasteiger partial charge in [0.15, 0.2) is 11.5 Å². The lowest BCUT2D eigenvalue weighted by Gasteiger charge is -2.16. The number of nitrogens with zero attached hydrogens (tertiary/aromatic N) is 1. The van der Waals surface area contributed by atoms with Crippen LogP contribution in [0.15, 0.2) is 41.3 Å². The van der Waals surface area contributed by atoms with E-state index in [9.17, 15) is 9.59 Å². The van der Waals surface area contributed by atoms with Gasteiger partial charge in [-0.05, 0) is 31.5 Å². The van der Waals surface area contributed by atoms with Gasteiger partial charge in [-0.2, -0.15) is 0 Å². The largest absolute Gasteiger partial charge is 0.493 e. The van der Waals surface area contributed by atoms with Gasteiger partial charge in [-0.1, -0.05) is 6.07 Å². The molecular formula is C17H20N2O4. The van der Waals surface area contributed by atoms with Crippen molar-refractivity contribution >= 4 is 11.6 Å². The summed E-state index contributed by atoms with van der Waals surface area (Å²) in [7, 11) is 3.07. The first-order valence-corrected chi connectivity index (χ1v) is 7.18. The van der Waals surface area contributed by atoms with Gasteiger partial charge < -0.3 is 19.4 Å². The zero-order chi connectivity index (χ0) is 17.0. The fourth-order valence-corrected chi connectivity index (χ4v) is 2.20. The summed E-state index contributed by atoms with van der Waals surface area (Å²) < 4.78 is 11.8. The number of anilines is 1. The van der Waals surface area contributed by atoms with Crippen LogP contribution in [0.2, 0.25) is 0 Å². The third-order valence-corrected chi connectivity index (χ3v) is 3.53. The van der Waals surface area contributed by atoms with Crippen molar-refractivity contribution in [2.45, 2.75) is 19.9 Å². The number of amides is 1. The zero-order valence-corrected chi connectivity index (χ0v) is 13.6. The van der Waals surface area contributed by atoms with Crippen molar-refractivity contribution in [3.63, 3.8) is 0 Å². The van der Waals surface area contributed by atoms with Crippen LogP contribution in [0, 0.1) is 6.92 Å². The van der Waals surface area contributed by atoms with E-state index in [1.165, 1.54) is 17.7 Å². The first kappa shape index (κ1) is 16.6. The monoisotopic (exact) mass is 316 g/mol. The Bertz CT molecular complexity index is 767. The Labute approximate surface area is 134 Å². The van der Waals surface area contributed by atoms with Crippen molar-refractivity contribution in [3.8, 4) is 11.5 Å². The first-order chi connectivity index (χ1) is 11.0. The number of benzene rings is 1. The van der Waals surface area contributed by atoms with Crippen molar-refractivity contribution in [1.29, 1.82) is 0 Å². The normalized spacial score (nSPS) is 11.7. The van der Waals surface area contributed by atoms with E-state index >= 15 is 0 Å². The lowest BCUT2D eigenvalue weighted by molar-refractivity contribution is -0.118. The summed E-state index contributed by atoms with van der Waals surface area (Å²) in [5.74, 6) is 0.809. The van der Waals surface area contributed by atoms with Crippen molar-refractivity contribution in [2.75, 3.05) is 19.5 Å². The molecule has 6 heteroatoms. The van der Waals surface area contributed by atoms with Gasteiger partial charge in [-0.15, -0.1) is 0 Å². The summed E-state index contributed by atoms with van der Waals surface area (Å²) >= 11 is 0. The van der Waals surface area contributed by atoms with Gasteiger partial charge in [0.05, 0.1) is 14.2 Å². The summed E-state index contributed by atoms with van der Waals surface area (Å²) in [6.45, 7) is 3.55. The minimum atomic E-state index is -0.629. The highest BCUT2D eigenvalue weighted by molar-refractivity contribution is 5.93. The minimum absolute atomic E-state index is 0.217. The van der Waals surface area contributed by atoms with Gasteiger partial charge in [0, 0.05) is 24.0 Å². The van der Waals surface area contributed by atoms with E-state index in [4.69, 9.17) is 9.47 Å². The maximum Gasteiger partial charge on any atom is 0.251 e. The molecule has 23 heavy (non-hydrogen) atoms. The van der Waals surface area contributed by atoms with E-state index < -0.39 is 6.04 Å². The molecule has 2 rings (SSSR count). The summed E-state index contributed by atoms with van der Waals surface area (Å²) in [6.07, 6.45) is 1.67. The molecule has 1 atom stereocenters. The molecule has 0 aliphatic heterocycles. The Hall–Kier alpha value is -2.76. The van der Waals surface area contributed by atoms with E-state index in [0.717, 1.165) is 5.56 Å². The van der Waals surface area contributed by atoms with Gasteiger partial charge in [-0.3, -0.25) is 9.59 Å². The third-order valence-electron chi connectivity index (χ3n) is 3.53. The lowest BCUT2D eigenvalue weighted by Crippen LogP contribution is -2.31. The summed E-state index contributed by atoms with van der Waals surface area (Å²) in [4.78, 5) is 24.3. The Morgan fingerprint density at radius 2 is 1.83 bits per heavy atom. The van der Waals surface area contributed by atoms with Crippen LogP contribution < -0.4 is 20.3 Å². The predicted octanol–water partition coefficient (Wildman–Crippen LogP) is 2.37. The van der Waals surface area contributed by atoms with Gasteiger partial charge in [-0.25, -0.2) is 0 Å². The molecule has 6 nitrogen and oxygen atoms in total. The average Bonchev–Trinajstić information content (AvgIpc) is 2.56. The second kappa shape index (κ2) is 7.00. The summed E-state index contributed by atoms with van der Waals surface area (Å²) in [6, 6.07) is 7.63. The molecule has 1 amide bonds. The fourth-order valence-electron chi connectivity index (χ4n) is 2.20. The van der Waals surface area contributed by atoms with E-state index in [1.807, 2.05) is 6.92 Å². The number of carbonyl (C=O) groups excluding carboxylic acids is 1. The molecule has 1 unspecified atom stereocenters. The molecule has 0 aliphatic rings. The molecule has 122 valence electrons. The number of pyridine rings is 1. The van der Waals surface area contributed by atoms with Crippen LogP contribution in [-0.2, 0) is 4.79 Å². The van der Waals surface area contributed by atoms with Gasteiger partial charge in [0.2, 0.25) is 5.91 Å². The molecule has 0 aliphatic carbocycles. The Balaban J connectivity index is 2.21. The topological polar surface area (TPSA) is 69.6 Å². The van der Waals surface area contributed by atoms with Crippen LogP contribution >= 0.6 is 0 Å². The average molecular weight is 316 g/mol. The highest BCUT2D eigenvalue weighted by Gasteiger charge is 2.17. The second-order valence-corrected chi connectivity index (χ2v) is 5.19. The van der Waals surface area contributed by atoms with E-state index in [1.54, 1.807) is 44.5 Å². The standard InChI is InChI=1S/C17H20N2O4/c1-11-5-8-16(20)19(10-11)12(2)17(21)18-13-6-7-14(22-3)15(9-13)23-4/h5-10,12H,1-4H3,(H,18,21). The zero-order valence-electron chi connectivity index (χ0n) is 13.6. The molecule has 1 heterocycles. The lowest BCUT2D eigenvalue weighted by atomic mass is 10.2. The van der Waals surface area contributed by atoms with E-state index in [-0.39, 0.29) is 11.5 Å². The molecule has 0 saturated carbocycles. The molecule has 2 aromatic rings. The number of nitrogens with one attached hydrogen (secondary N) is 1. The smallest absolute Gasteiger partial charge is 0.251 e. The maximum atomic E-state index is 12.4. The molecule has 0 radical (unpaired) electrons. The molecule has 1 aromatic carbocycles. The van der Waals surface area contributed by atoms with Crippen molar-refractivity contribution < 1.29 is 14.3 Å². The van der Waals surface area contributed by atoms with Gasteiger partial charge in [0.1, 0.15) is 6.04 Å². The quantitative estimate of drug-likeness (QED) is 0.919. The molecule has 1 N–H and O–H groups in total. The number of rotatable bonds is 5. The predicted molar refractivity (Wildman–Crippen MR) is 88.3 cm³/mol. The number of aromatic nitrogens is 1. The maximum absolute atomic E-state index is 12.4. The molecule has 0 saturated heterocycles. The van der Waals surface area contributed by atoms with E-state index in [0.29, 0.717) is 17.2 Å². The highest BCUT2D eigenvalue weighted by Crippen LogP contribution is 2.29. The van der Waals surface area contributed by atoms with Crippen LogP contribution in [0.1, 0.15) is 18.5 Å². The minimum Gasteiger partial charge on any atom is -0.493 e. The number of hydrogen-bond acceptors (Lipinski definition) is 4. The molecule has 0 bridgehead atoms. The van der Waals surface area contributed by atoms with Crippen LogP contribution in [0.4, 0.5) is 5.69 Å². The number of hydrogen-bond donors (Lipinski definition) is 1. The number of methoxy groups -OCH3 is 2. The molecule has 1 aromatic heterocycles. The second-order valence-electron chi connectivity index (χ2n) is 5.19. The molecular weight excluding hydrogens is 296 g/mol. The Morgan fingerprint density at radius 3 is 2.48 bits per heavy atom. The SMILES string of the molecule is COc1ccc(NC(=O)C(C)n2cc(C)ccc2=O)cc1OC. The molecule has 0 fully saturated rings. The number of aryl methyl sites for hydroxylation is 1. The highest BCUT2D eigenvalue weighted by atomic mass is 16.5. The Morgan fingerprint density at radius 1 is 1.13 bits per heavy atom. The number of ether oxygens (including phenoxy) is 2. The van der Waals surface area contributed by atoms with Crippen LogP contribution in [0.25, 0.3) is 0 Å². The Kier molecular flexibility index (Phi) is 5.05. The van der Waals surface area contributed by atoms with Crippen molar-refractivity contribution in [1.82, 2.24) is 4.57 Å². The van der Waals surface area contributed by atoms with Gasteiger partial charge in [0.25, 0.3) is 5.56 Å². The first-order valence-electron chi connectivity index (χ1n) is 7.18. The van der Waals surface area contributed by atoms with Gasteiger partial charge >= 0.3 is 0 Å². The van der Waals surface area contributed by atoms with E-state index in [2.05, 4.69) is 5.32 Å².